The van der Waals surface area contributed by atoms with Crippen molar-refractivity contribution < 1.29 is 18.9 Å². The second-order valence-electron chi connectivity index (χ2n) is 6.30. The summed E-state index contributed by atoms with van der Waals surface area (Å²) in [6.45, 7) is 3.46. The number of rotatable bonds is 7. The van der Waals surface area contributed by atoms with E-state index in [4.69, 9.17) is 9.15 Å². The summed E-state index contributed by atoms with van der Waals surface area (Å²) in [5.74, 6) is 1.05. The highest BCUT2D eigenvalue weighted by atomic mass is 16.6. The van der Waals surface area contributed by atoms with Crippen LogP contribution < -0.4 is 10.2 Å². The Hall–Kier alpha value is -3.94. The molecule has 1 aromatic heterocycles. The van der Waals surface area contributed by atoms with Gasteiger partial charge >= 0.3 is 0 Å². The summed E-state index contributed by atoms with van der Waals surface area (Å²) in [5.41, 5.74) is 4.61. The van der Waals surface area contributed by atoms with Gasteiger partial charge in [-0.25, -0.2) is 5.43 Å². The van der Waals surface area contributed by atoms with Crippen molar-refractivity contribution in [2.24, 2.45) is 5.10 Å². The number of carbonyl (C=O) groups excluding carboxylic acids is 1. The lowest BCUT2D eigenvalue weighted by atomic mass is 10.1. The first kappa shape index (κ1) is 19.8. The van der Waals surface area contributed by atoms with Crippen molar-refractivity contribution >= 4 is 17.8 Å². The lowest BCUT2D eigenvalue weighted by molar-refractivity contribution is -0.385. The molecule has 0 saturated carbocycles. The zero-order valence-electron chi connectivity index (χ0n) is 15.9. The molecule has 29 heavy (non-hydrogen) atoms. The molecule has 0 radical (unpaired) electrons. The van der Waals surface area contributed by atoms with E-state index < -0.39 is 10.8 Å². The van der Waals surface area contributed by atoms with Crippen LogP contribution in [0.1, 0.15) is 16.9 Å². The average Bonchev–Trinajstić information content (AvgIpc) is 3.16. The molecule has 0 aliphatic heterocycles. The Kier molecular flexibility index (Phi) is 6.03. The minimum atomic E-state index is -0.432. The van der Waals surface area contributed by atoms with Gasteiger partial charge in [0.2, 0.25) is 0 Å². The van der Waals surface area contributed by atoms with Gasteiger partial charge in [-0.2, -0.15) is 5.10 Å². The van der Waals surface area contributed by atoms with E-state index in [1.165, 1.54) is 12.3 Å². The van der Waals surface area contributed by atoms with Crippen molar-refractivity contribution in [1.82, 2.24) is 5.43 Å². The molecule has 2 aromatic carbocycles. The molecule has 0 atom stereocenters. The maximum Gasteiger partial charge on any atom is 0.277 e. The van der Waals surface area contributed by atoms with Gasteiger partial charge in [-0.3, -0.25) is 14.9 Å². The van der Waals surface area contributed by atoms with Crippen LogP contribution in [0.5, 0.6) is 5.75 Å². The molecule has 0 unspecified atom stereocenters. The van der Waals surface area contributed by atoms with E-state index in [2.05, 4.69) is 10.5 Å². The van der Waals surface area contributed by atoms with Crippen molar-refractivity contribution in [2.75, 3.05) is 6.61 Å². The van der Waals surface area contributed by atoms with E-state index in [9.17, 15) is 14.9 Å². The van der Waals surface area contributed by atoms with Crippen LogP contribution in [0.4, 0.5) is 5.69 Å². The molecule has 1 heterocycles. The number of carbonyl (C=O) groups is 1. The Bertz CT molecular complexity index is 1050. The van der Waals surface area contributed by atoms with Gasteiger partial charge < -0.3 is 9.15 Å². The van der Waals surface area contributed by atoms with Crippen LogP contribution in [0.15, 0.2) is 64.1 Å². The molecule has 0 aliphatic carbocycles. The summed E-state index contributed by atoms with van der Waals surface area (Å²) in [6.07, 6.45) is 1.35. The first-order valence-corrected chi connectivity index (χ1v) is 8.79. The number of nitro benzene ring substituents is 1. The smallest absolute Gasteiger partial charge is 0.277 e. The molecule has 0 fully saturated rings. The monoisotopic (exact) mass is 393 g/mol. The molecule has 3 aromatic rings. The van der Waals surface area contributed by atoms with E-state index in [1.54, 1.807) is 43.3 Å². The maximum absolute atomic E-state index is 11.8. The summed E-state index contributed by atoms with van der Waals surface area (Å²) in [4.78, 5) is 22.4. The highest BCUT2D eigenvalue weighted by Crippen LogP contribution is 2.30. The van der Waals surface area contributed by atoms with Crippen LogP contribution in [0.3, 0.4) is 0 Å². The lowest BCUT2D eigenvalue weighted by Crippen LogP contribution is -2.24. The number of aryl methyl sites for hydroxylation is 1. The van der Waals surface area contributed by atoms with E-state index >= 15 is 0 Å². The van der Waals surface area contributed by atoms with Crippen molar-refractivity contribution in [1.29, 1.82) is 0 Å². The molecule has 1 N–H and O–H groups in total. The van der Waals surface area contributed by atoms with Gasteiger partial charge in [0.1, 0.15) is 17.3 Å². The number of benzene rings is 2. The zero-order chi connectivity index (χ0) is 20.8. The average molecular weight is 393 g/mol. The predicted octanol–water partition coefficient (Wildman–Crippen LogP) is 4.00. The van der Waals surface area contributed by atoms with Crippen LogP contribution in [0.25, 0.3) is 11.3 Å². The summed E-state index contributed by atoms with van der Waals surface area (Å²) in [5, 5.41) is 14.9. The van der Waals surface area contributed by atoms with Gasteiger partial charge in [-0.15, -0.1) is 0 Å². The standard InChI is InChI=1S/C21H19N3O5/c1-14-6-8-16(9-7-14)28-13-21(25)23-22-12-17-10-11-20(29-17)18-4-3-5-19(15(18)2)24(26)27/h3-12H,13H2,1-2H3,(H,23,25)/b22-12-. The topological polar surface area (TPSA) is 107 Å². The quantitative estimate of drug-likeness (QED) is 0.371. The van der Waals surface area contributed by atoms with E-state index in [0.29, 0.717) is 28.4 Å². The fourth-order valence-corrected chi connectivity index (χ4v) is 2.64. The molecule has 0 aliphatic rings. The molecule has 148 valence electrons. The summed E-state index contributed by atoms with van der Waals surface area (Å²) in [6, 6.07) is 15.5. The minimum Gasteiger partial charge on any atom is -0.484 e. The second-order valence-corrected chi connectivity index (χ2v) is 6.30. The number of nitro groups is 1. The molecule has 8 nitrogen and oxygen atoms in total. The van der Waals surface area contributed by atoms with Gasteiger partial charge in [-0.05, 0) is 38.1 Å². The van der Waals surface area contributed by atoms with Gasteiger partial charge in [0.05, 0.1) is 11.1 Å². The lowest BCUT2D eigenvalue weighted by Gasteiger charge is -2.04. The Morgan fingerprint density at radius 2 is 1.93 bits per heavy atom. The van der Waals surface area contributed by atoms with Crippen LogP contribution in [0.2, 0.25) is 0 Å². The van der Waals surface area contributed by atoms with Crippen molar-refractivity contribution in [3.63, 3.8) is 0 Å². The van der Waals surface area contributed by atoms with Crippen LogP contribution in [-0.4, -0.2) is 23.7 Å². The normalized spacial score (nSPS) is 10.8. The van der Waals surface area contributed by atoms with Crippen LogP contribution in [0, 0.1) is 24.0 Å². The highest BCUT2D eigenvalue weighted by Gasteiger charge is 2.16. The second kappa shape index (κ2) is 8.83. The highest BCUT2D eigenvalue weighted by molar-refractivity contribution is 5.82. The molecule has 0 spiro atoms. The number of hydrogen-bond donors (Lipinski definition) is 1. The van der Waals surface area contributed by atoms with Crippen molar-refractivity contribution in [3.05, 3.63) is 81.6 Å². The predicted molar refractivity (Wildman–Crippen MR) is 108 cm³/mol. The Balaban J connectivity index is 1.58. The molecule has 1 amide bonds. The number of amides is 1. The SMILES string of the molecule is Cc1ccc(OCC(=O)N/N=C\c2ccc(-c3cccc([N+](=O)[O-])c3C)o2)cc1. The fraction of sp³-hybridized carbons (Fsp3) is 0.143. The molecular weight excluding hydrogens is 374 g/mol. The number of nitrogens with zero attached hydrogens (tertiary/aromatic N) is 2. The molecule has 8 heteroatoms. The third-order valence-electron chi connectivity index (χ3n) is 4.17. The number of hydrogen-bond acceptors (Lipinski definition) is 6. The maximum atomic E-state index is 11.8. The Labute approximate surface area is 167 Å². The minimum absolute atomic E-state index is 0.0231. The number of hydrazone groups is 1. The molecular formula is C21H19N3O5. The van der Waals surface area contributed by atoms with E-state index in [-0.39, 0.29) is 12.3 Å². The van der Waals surface area contributed by atoms with Gasteiger partial charge in [0, 0.05) is 17.2 Å². The van der Waals surface area contributed by atoms with Crippen LogP contribution in [-0.2, 0) is 4.79 Å². The molecule has 0 saturated heterocycles. The zero-order valence-corrected chi connectivity index (χ0v) is 15.9. The van der Waals surface area contributed by atoms with E-state index in [1.807, 2.05) is 19.1 Å². The number of ether oxygens (including phenoxy) is 1. The number of furan rings is 1. The van der Waals surface area contributed by atoms with Gasteiger partial charge in [0.25, 0.3) is 11.6 Å². The van der Waals surface area contributed by atoms with Crippen molar-refractivity contribution in [3.8, 4) is 17.1 Å². The molecule has 0 bridgehead atoms. The Morgan fingerprint density at radius 1 is 1.17 bits per heavy atom. The third kappa shape index (κ3) is 5.07. The molecule has 3 rings (SSSR count). The van der Waals surface area contributed by atoms with Crippen LogP contribution >= 0.6 is 0 Å². The fourth-order valence-electron chi connectivity index (χ4n) is 2.64. The summed E-state index contributed by atoms with van der Waals surface area (Å²) < 4.78 is 11.0. The van der Waals surface area contributed by atoms with Gasteiger partial charge in [-0.1, -0.05) is 29.8 Å². The Morgan fingerprint density at radius 3 is 2.66 bits per heavy atom. The number of nitrogens with one attached hydrogen (secondary N) is 1. The first-order chi connectivity index (χ1) is 13.9. The first-order valence-electron chi connectivity index (χ1n) is 8.79. The van der Waals surface area contributed by atoms with Crippen molar-refractivity contribution in [2.45, 2.75) is 13.8 Å². The van der Waals surface area contributed by atoms with E-state index in [0.717, 1.165) is 5.56 Å². The largest absolute Gasteiger partial charge is 0.484 e. The third-order valence-corrected chi connectivity index (χ3v) is 4.17. The summed E-state index contributed by atoms with van der Waals surface area (Å²) >= 11 is 0. The summed E-state index contributed by atoms with van der Waals surface area (Å²) in [7, 11) is 0. The van der Waals surface area contributed by atoms with Gasteiger partial charge in [0.15, 0.2) is 6.61 Å².